The van der Waals surface area contributed by atoms with Gasteiger partial charge in [0.05, 0.1) is 0 Å². The molecule has 1 atom stereocenters. The van der Waals surface area contributed by atoms with Crippen molar-refractivity contribution in [3.05, 3.63) is 0 Å². The Bertz CT molecular complexity index is 277. The van der Waals surface area contributed by atoms with Gasteiger partial charge in [-0.15, -0.1) is 0 Å². The van der Waals surface area contributed by atoms with E-state index in [9.17, 15) is 14.4 Å². The Kier molecular flexibility index (Phi) is 6.09. The Balaban J connectivity index is 3.87. The van der Waals surface area contributed by atoms with E-state index in [1.165, 1.54) is 11.8 Å². The normalized spacial score (nSPS) is 11.7. The van der Waals surface area contributed by atoms with E-state index in [0.717, 1.165) is 0 Å². The largest absolute Gasteiger partial charge is 0.480 e. The highest BCUT2D eigenvalue weighted by molar-refractivity contribution is 5.87. The van der Waals surface area contributed by atoms with Gasteiger partial charge in [-0.05, 0) is 6.92 Å². The van der Waals surface area contributed by atoms with E-state index in [1.807, 2.05) is 0 Å². The number of amides is 2. The van der Waals surface area contributed by atoms with Gasteiger partial charge >= 0.3 is 5.97 Å². The zero-order valence-electron chi connectivity index (χ0n) is 9.52. The average Bonchev–Trinajstić information content (AvgIpc) is 2.15. The fourth-order valence-electron chi connectivity index (χ4n) is 0.963. The Morgan fingerprint density at radius 2 is 1.88 bits per heavy atom. The van der Waals surface area contributed by atoms with Crippen LogP contribution in [0.1, 0.15) is 6.92 Å². The molecule has 2 amide bonds. The van der Waals surface area contributed by atoms with Gasteiger partial charge in [0, 0.05) is 14.1 Å². The van der Waals surface area contributed by atoms with Gasteiger partial charge in [-0.25, -0.2) is 4.79 Å². The Morgan fingerprint density at radius 3 is 2.31 bits per heavy atom. The number of nitrogens with zero attached hydrogens (tertiary/aromatic N) is 1. The molecule has 0 fully saturated rings. The first-order valence-corrected chi connectivity index (χ1v) is 4.64. The van der Waals surface area contributed by atoms with Crippen molar-refractivity contribution < 1.29 is 24.2 Å². The van der Waals surface area contributed by atoms with Crippen LogP contribution < -0.4 is 5.32 Å². The highest BCUT2D eigenvalue weighted by atomic mass is 16.5. The summed E-state index contributed by atoms with van der Waals surface area (Å²) in [6.07, 6.45) is 0. The van der Waals surface area contributed by atoms with Crippen LogP contribution in [0.15, 0.2) is 0 Å². The molecule has 0 spiro atoms. The first kappa shape index (κ1) is 14.4. The van der Waals surface area contributed by atoms with Crippen LogP contribution in [0.2, 0.25) is 0 Å². The summed E-state index contributed by atoms with van der Waals surface area (Å²) in [5.74, 6) is -1.92. The Hall–Kier alpha value is -1.63. The zero-order valence-corrected chi connectivity index (χ0v) is 9.52. The van der Waals surface area contributed by atoms with Crippen LogP contribution in [0.5, 0.6) is 0 Å². The van der Waals surface area contributed by atoms with Crippen molar-refractivity contribution in [1.82, 2.24) is 10.2 Å². The molecule has 0 saturated heterocycles. The number of hydrogen-bond acceptors (Lipinski definition) is 4. The molecule has 0 aliphatic carbocycles. The number of ether oxygens (including phenoxy) is 1. The van der Waals surface area contributed by atoms with Crippen LogP contribution in [0, 0.1) is 0 Å². The third-order valence-electron chi connectivity index (χ3n) is 1.65. The summed E-state index contributed by atoms with van der Waals surface area (Å²) in [4.78, 5) is 33.9. The molecule has 7 heteroatoms. The molecule has 0 aromatic rings. The SMILES string of the molecule is CC(NC(=O)COCC(=O)O)C(=O)N(C)C. The monoisotopic (exact) mass is 232 g/mol. The molecule has 0 bridgehead atoms. The quantitative estimate of drug-likeness (QED) is 0.592. The lowest BCUT2D eigenvalue weighted by Gasteiger charge is -2.17. The van der Waals surface area contributed by atoms with Gasteiger partial charge in [0.25, 0.3) is 0 Å². The van der Waals surface area contributed by atoms with Crippen LogP contribution in [-0.4, -0.2) is 61.1 Å². The molecule has 2 N–H and O–H groups in total. The second-order valence-corrected chi connectivity index (χ2v) is 3.41. The van der Waals surface area contributed by atoms with Gasteiger partial charge in [0.15, 0.2) is 0 Å². The molecule has 92 valence electrons. The first-order valence-electron chi connectivity index (χ1n) is 4.64. The molecule has 16 heavy (non-hydrogen) atoms. The van der Waals surface area contributed by atoms with Crippen molar-refractivity contribution in [3.63, 3.8) is 0 Å². The number of aliphatic carboxylic acids is 1. The van der Waals surface area contributed by atoms with Crippen LogP contribution in [-0.2, 0) is 19.1 Å². The lowest BCUT2D eigenvalue weighted by atomic mass is 10.3. The van der Waals surface area contributed by atoms with Gasteiger partial charge < -0.3 is 20.1 Å². The second-order valence-electron chi connectivity index (χ2n) is 3.41. The van der Waals surface area contributed by atoms with Gasteiger partial charge in [0.1, 0.15) is 19.3 Å². The van der Waals surface area contributed by atoms with Crippen molar-refractivity contribution in [2.24, 2.45) is 0 Å². The molecule has 0 aliphatic rings. The molecule has 0 saturated carbocycles. The summed E-state index contributed by atoms with van der Waals surface area (Å²) >= 11 is 0. The Morgan fingerprint density at radius 1 is 1.31 bits per heavy atom. The van der Waals surface area contributed by atoms with Crippen molar-refractivity contribution in [2.45, 2.75) is 13.0 Å². The lowest BCUT2D eigenvalue weighted by Crippen LogP contribution is -2.45. The minimum absolute atomic E-state index is 0.244. The van der Waals surface area contributed by atoms with Gasteiger partial charge in [-0.2, -0.15) is 0 Å². The predicted molar refractivity (Wildman–Crippen MR) is 54.8 cm³/mol. The summed E-state index contributed by atoms with van der Waals surface area (Å²) in [5.41, 5.74) is 0. The van der Waals surface area contributed by atoms with Crippen molar-refractivity contribution >= 4 is 17.8 Å². The van der Waals surface area contributed by atoms with E-state index in [0.29, 0.717) is 0 Å². The van der Waals surface area contributed by atoms with Gasteiger partial charge in [0.2, 0.25) is 11.8 Å². The van der Waals surface area contributed by atoms with Crippen LogP contribution in [0.4, 0.5) is 0 Å². The number of hydrogen-bond donors (Lipinski definition) is 2. The zero-order chi connectivity index (χ0) is 12.7. The highest BCUT2D eigenvalue weighted by Gasteiger charge is 2.16. The molecule has 0 radical (unpaired) electrons. The average molecular weight is 232 g/mol. The molecule has 7 nitrogen and oxygen atoms in total. The molecule has 1 unspecified atom stereocenters. The van der Waals surface area contributed by atoms with Gasteiger partial charge in [-0.1, -0.05) is 0 Å². The minimum Gasteiger partial charge on any atom is -0.480 e. The molecule has 0 rings (SSSR count). The maximum atomic E-state index is 11.3. The van der Waals surface area contributed by atoms with Crippen molar-refractivity contribution in [2.75, 3.05) is 27.3 Å². The molecule has 0 aromatic carbocycles. The molecule has 0 aromatic heterocycles. The minimum atomic E-state index is -1.15. The standard InChI is InChI=1S/C9H16N2O5/c1-6(9(15)11(2)3)10-7(12)4-16-5-8(13)14/h6H,4-5H2,1-3H3,(H,10,12)(H,13,14). The smallest absolute Gasteiger partial charge is 0.329 e. The predicted octanol–water partition coefficient (Wildman–Crippen LogP) is -1.32. The first-order chi connectivity index (χ1) is 7.34. The van der Waals surface area contributed by atoms with E-state index >= 15 is 0 Å². The van der Waals surface area contributed by atoms with Crippen LogP contribution >= 0.6 is 0 Å². The number of nitrogens with one attached hydrogen (secondary N) is 1. The highest BCUT2D eigenvalue weighted by Crippen LogP contribution is 1.88. The molecular formula is C9H16N2O5. The lowest BCUT2D eigenvalue weighted by molar-refractivity contribution is -0.144. The number of carbonyl (C=O) groups excluding carboxylic acids is 2. The van der Waals surface area contributed by atoms with Gasteiger partial charge in [-0.3, -0.25) is 9.59 Å². The molecule has 0 aliphatic heterocycles. The number of carboxylic acid groups (broad SMARTS) is 1. The summed E-state index contributed by atoms with van der Waals surface area (Å²) in [6.45, 7) is 0.623. The molecule has 0 heterocycles. The fraction of sp³-hybridized carbons (Fsp3) is 0.667. The summed E-state index contributed by atoms with van der Waals surface area (Å²) in [6, 6.07) is -0.657. The maximum Gasteiger partial charge on any atom is 0.329 e. The second kappa shape index (κ2) is 6.78. The summed E-state index contributed by atoms with van der Waals surface area (Å²) < 4.78 is 4.56. The summed E-state index contributed by atoms with van der Waals surface area (Å²) in [7, 11) is 3.15. The van der Waals surface area contributed by atoms with E-state index in [1.54, 1.807) is 14.1 Å². The third-order valence-corrected chi connectivity index (χ3v) is 1.65. The summed E-state index contributed by atoms with van der Waals surface area (Å²) in [5, 5.41) is 10.6. The Labute approximate surface area is 93.4 Å². The number of carboxylic acids is 1. The van der Waals surface area contributed by atoms with Crippen LogP contribution in [0.3, 0.4) is 0 Å². The molecular weight excluding hydrogens is 216 g/mol. The third kappa shape index (κ3) is 5.97. The van der Waals surface area contributed by atoms with Crippen molar-refractivity contribution in [3.8, 4) is 0 Å². The fourth-order valence-corrected chi connectivity index (χ4v) is 0.963. The number of likely N-dealkylation sites (N-methyl/N-ethyl adjacent to an activating group) is 1. The topological polar surface area (TPSA) is 95.9 Å². The van der Waals surface area contributed by atoms with Crippen molar-refractivity contribution in [1.29, 1.82) is 0 Å². The van der Waals surface area contributed by atoms with E-state index < -0.39 is 24.5 Å². The van der Waals surface area contributed by atoms with E-state index in [2.05, 4.69) is 10.1 Å². The maximum absolute atomic E-state index is 11.3. The number of rotatable bonds is 6. The van der Waals surface area contributed by atoms with E-state index in [-0.39, 0.29) is 12.5 Å². The van der Waals surface area contributed by atoms with E-state index in [4.69, 9.17) is 5.11 Å². The number of carbonyl (C=O) groups is 3. The van der Waals surface area contributed by atoms with Crippen LogP contribution in [0.25, 0.3) is 0 Å².